The van der Waals surface area contributed by atoms with Gasteiger partial charge in [-0.2, -0.15) is 0 Å². The number of aliphatic hydroxyl groups is 1. The molecule has 2 fully saturated rings. The van der Waals surface area contributed by atoms with Gasteiger partial charge in [-0.3, -0.25) is 0 Å². The molecule has 3 N–H and O–H groups in total. The third-order valence-corrected chi connectivity index (χ3v) is 5.79. The molecule has 1 saturated carbocycles. The molecule has 0 radical (unpaired) electrons. The Morgan fingerprint density at radius 1 is 1.23 bits per heavy atom. The van der Waals surface area contributed by atoms with Crippen LogP contribution in [0.5, 0.6) is 5.75 Å². The molecule has 1 aromatic carbocycles. The molecule has 1 aliphatic heterocycles. The van der Waals surface area contributed by atoms with Crippen LogP contribution in [0.1, 0.15) is 63.0 Å². The Kier molecular flexibility index (Phi) is 10.7. The lowest BCUT2D eigenvalue weighted by atomic mass is 9.85. The lowest BCUT2D eigenvalue weighted by Gasteiger charge is -2.32. The molecule has 2 aliphatic rings. The topological polar surface area (TPSA) is 75.1 Å². The fourth-order valence-corrected chi connectivity index (χ4v) is 4.03. The third kappa shape index (κ3) is 7.89. The van der Waals surface area contributed by atoms with Crippen LogP contribution in [-0.4, -0.2) is 49.1 Å². The minimum absolute atomic E-state index is 0. The quantitative estimate of drug-likeness (QED) is 0.270. The van der Waals surface area contributed by atoms with Crippen molar-refractivity contribution in [3.8, 4) is 5.75 Å². The summed E-state index contributed by atoms with van der Waals surface area (Å²) >= 11 is 0. The Balaban J connectivity index is 0.00000320. The van der Waals surface area contributed by atoms with Gasteiger partial charge in [0.15, 0.2) is 5.96 Å². The van der Waals surface area contributed by atoms with Crippen LogP contribution in [0.3, 0.4) is 0 Å². The van der Waals surface area contributed by atoms with Crippen LogP contribution in [0.25, 0.3) is 0 Å². The number of nitrogens with zero attached hydrogens (tertiary/aromatic N) is 1. The first-order valence-corrected chi connectivity index (χ1v) is 11.2. The summed E-state index contributed by atoms with van der Waals surface area (Å²) in [5.41, 5.74) is 1.61. The number of guanidine groups is 1. The highest BCUT2D eigenvalue weighted by Gasteiger charge is 2.29. The van der Waals surface area contributed by atoms with Crippen molar-refractivity contribution >= 4 is 29.9 Å². The highest BCUT2D eigenvalue weighted by atomic mass is 127. The molecule has 1 aromatic rings. The van der Waals surface area contributed by atoms with Gasteiger partial charge < -0.3 is 25.2 Å². The van der Waals surface area contributed by atoms with Crippen LogP contribution in [0.2, 0.25) is 0 Å². The zero-order chi connectivity index (χ0) is 20.5. The summed E-state index contributed by atoms with van der Waals surface area (Å²) in [5, 5.41) is 17.4. The van der Waals surface area contributed by atoms with E-state index >= 15 is 0 Å². The second-order valence-corrected chi connectivity index (χ2v) is 8.39. The van der Waals surface area contributed by atoms with Gasteiger partial charge in [0.2, 0.25) is 0 Å². The van der Waals surface area contributed by atoms with Gasteiger partial charge in [0, 0.05) is 25.3 Å². The molecule has 7 heteroatoms. The molecule has 0 spiro atoms. The van der Waals surface area contributed by atoms with Gasteiger partial charge in [-0.25, -0.2) is 4.99 Å². The van der Waals surface area contributed by atoms with Crippen molar-refractivity contribution in [3.05, 3.63) is 29.3 Å². The molecule has 0 bridgehead atoms. The number of ether oxygens (including phenoxy) is 2. The first-order chi connectivity index (χ1) is 14.1. The summed E-state index contributed by atoms with van der Waals surface area (Å²) in [6.07, 6.45) is 7.51. The molecule has 0 aromatic heterocycles. The van der Waals surface area contributed by atoms with Crippen molar-refractivity contribution in [1.29, 1.82) is 0 Å². The Labute approximate surface area is 198 Å². The molecule has 1 atom stereocenters. The zero-order valence-electron chi connectivity index (χ0n) is 18.4. The van der Waals surface area contributed by atoms with Gasteiger partial charge in [0.05, 0.1) is 18.2 Å². The van der Waals surface area contributed by atoms with E-state index in [2.05, 4.69) is 42.7 Å². The minimum atomic E-state index is -0.617. The van der Waals surface area contributed by atoms with Crippen molar-refractivity contribution < 1.29 is 14.6 Å². The van der Waals surface area contributed by atoms with E-state index in [1.165, 1.54) is 12.0 Å². The maximum Gasteiger partial charge on any atom is 0.191 e. The lowest BCUT2D eigenvalue weighted by Crippen LogP contribution is -2.48. The number of rotatable bonds is 8. The Bertz CT molecular complexity index is 672. The van der Waals surface area contributed by atoms with Crippen LogP contribution >= 0.6 is 24.0 Å². The predicted octanol–water partition coefficient (Wildman–Crippen LogP) is 3.92. The van der Waals surface area contributed by atoms with Gasteiger partial charge in [0.25, 0.3) is 0 Å². The van der Waals surface area contributed by atoms with Crippen molar-refractivity contribution in [2.75, 3.05) is 26.3 Å². The van der Waals surface area contributed by atoms with Crippen LogP contribution in [0.15, 0.2) is 23.2 Å². The highest BCUT2D eigenvalue weighted by molar-refractivity contribution is 14.0. The Hall–Kier alpha value is -1.06. The van der Waals surface area contributed by atoms with Crippen LogP contribution < -0.4 is 15.4 Å². The van der Waals surface area contributed by atoms with E-state index in [4.69, 9.17) is 14.5 Å². The van der Waals surface area contributed by atoms with Gasteiger partial charge in [-0.15, -0.1) is 24.0 Å². The number of aryl methyl sites for hydroxylation is 1. The van der Waals surface area contributed by atoms with Crippen LogP contribution in [-0.2, 0) is 11.3 Å². The Morgan fingerprint density at radius 2 is 2.03 bits per heavy atom. The van der Waals surface area contributed by atoms with Gasteiger partial charge >= 0.3 is 0 Å². The smallest absolute Gasteiger partial charge is 0.191 e. The zero-order valence-corrected chi connectivity index (χ0v) is 20.7. The number of nitrogens with one attached hydrogen (secondary N) is 2. The van der Waals surface area contributed by atoms with E-state index < -0.39 is 5.60 Å². The van der Waals surface area contributed by atoms with Gasteiger partial charge in [-0.1, -0.05) is 31.4 Å². The Morgan fingerprint density at radius 3 is 2.73 bits per heavy atom. The fourth-order valence-electron chi connectivity index (χ4n) is 4.03. The third-order valence-electron chi connectivity index (χ3n) is 5.79. The molecular formula is C23H38IN3O3. The van der Waals surface area contributed by atoms with Crippen LogP contribution in [0.4, 0.5) is 0 Å². The normalized spacial score (nSPS) is 21.0. The van der Waals surface area contributed by atoms with Gasteiger partial charge in [0.1, 0.15) is 12.4 Å². The monoisotopic (exact) mass is 531 g/mol. The standard InChI is InChI=1S/C23H37N3O3.HI/c1-3-24-22(26-17-23(27)11-5-4-6-12-23)25-15-19-10-9-18(2)14-21(19)29-16-20-8-7-13-28-20;/h9-10,14,20,27H,3-8,11-13,15-17H2,1-2H3,(H2,24,25,26);1H. The molecule has 1 heterocycles. The maximum atomic E-state index is 10.7. The molecule has 0 amide bonds. The first kappa shape index (κ1) is 25.2. The summed E-state index contributed by atoms with van der Waals surface area (Å²) in [6.45, 7) is 7.39. The average Bonchev–Trinajstić information content (AvgIpc) is 3.24. The summed E-state index contributed by atoms with van der Waals surface area (Å²) in [5.74, 6) is 1.61. The summed E-state index contributed by atoms with van der Waals surface area (Å²) in [4.78, 5) is 4.74. The summed E-state index contributed by atoms with van der Waals surface area (Å²) < 4.78 is 11.8. The summed E-state index contributed by atoms with van der Waals surface area (Å²) in [7, 11) is 0. The van der Waals surface area contributed by atoms with Crippen molar-refractivity contribution in [2.45, 2.75) is 77.0 Å². The molecule has 1 unspecified atom stereocenters. The van der Waals surface area contributed by atoms with E-state index in [0.29, 0.717) is 19.7 Å². The minimum Gasteiger partial charge on any atom is -0.491 e. The molecular weight excluding hydrogens is 493 g/mol. The molecule has 1 aliphatic carbocycles. The number of halogens is 1. The van der Waals surface area contributed by atoms with E-state index in [9.17, 15) is 5.11 Å². The van der Waals surface area contributed by atoms with E-state index in [1.807, 2.05) is 0 Å². The second kappa shape index (κ2) is 12.7. The van der Waals surface area contributed by atoms with Crippen molar-refractivity contribution in [2.24, 2.45) is 4.99 Å². The van der Waals surface area contributed by atoms with Crippen LogP contribution in [0, 0.1) is 6.92 Å². The van der Waals surface area contributed by atoms with Crippen molar-refractivity contribution in [1.82, 2.24) is 10.6 Å². The largest absolute Gasteiger partial charge is 0.491 e. The molecule has 3 rings (SSSR count). The summed E-state index contributed by atoms with van der Waals surface area (Å²) in [6, 6.07) is 6.25. The average molecular weight is 531 g/mol. The maximum absolute atomic E-state index is 10.7. The number of hydrogen-bond donors (Lipinski definition) is 3. The first-order valence-electron chi connectivity index (χ1n) is 11.2. The molecule has 170 valence electrons. The van der Waals surface area contributed by atoms with Crippen molar-refractivity contribution in [3.63, 3.8) is 0 Å². The fraction of sp³-hybridized carbons (Fsp3) is 0.696. The molecule has 30 heavy (non-hydrogen) atoms. The second-order valence-electron chi connectivity index (χ2n) is 8.39. The SMILES string of the molecule is CCNC(=NCc1ccc(C)cc1OCC1CCCO1)NCC1(O)CCCCC1.I. The lowest BCUT2D eigenvalue weighted by molar-refractivity contribution is 0.00859. The predicted molar refractivity (Wildman–Crippen MR) is 132 cm³/mol. The molecule has 6 nitrogen and oxygen atoms in total. The van der Waals surface area contributed by atoms with E-state index in [0.717, 1.165) is 68.9 Å². The number of aliphatic imine (C=N–C) groups is 1. The van der Waals surface area contributed by atoms with E-state index in [-0.39, 0.29) is 30.1 Å². The number of benzene rings is 1. The molecule has 1 saturated heterocycles. The van der Waals surface area contributed by atoms with Gasteiger partial charge in [-0.05, 0) is 51.2 Å². The van der Waals surface area contributed by atoms with E-state index in [1.54, 1.807) is 0 Å². The number of hydrogen-bond acceptors (Lipinski definition) is 4. The highest BCUT2D eigenvalue weighted by Crippen LogP contribution is 2.27.